The Morgan fingerprint density at radius 1 is 0.862 bits per heavy atom. The predicted octanol–water partition coefficient (Wildman–Crippen LogP) is 3.42. The number of para-hydroxylation sites is 1. The Labute approximate surface area is 169 Å². The van der Waals surface area contributed by atoms with Crippen molar-refractivity contribution in [1.29, 1.82) is 0 Å². The van der Waals surface area contributed by atoms with Crippen molar-refractivity contribution < 1.29 is 14.4 Å². The van der Waals surface area contributed by atoms with Gasteiger partial charge in [-0.1, -0.05) is 30.3 Å². The lowest BCUT2D eigenvalue weighted by molar-refractivity contribution is -0.121. The number of anilines is 2. The number of piperidine rings is 1. The van der Waals surface area contributed by atoms with E-state index >= 15 is 0 Å². The number of carbonyl (C=O) groups excluding carboxylic acids is 3. The van der Waals surface area contributed by atoms with Crippen LogP contribution in [0.5, 0.6) is 0 Å². The first-order valence-corrected chi connectivity index (χ1v) is 9.87. The molecule has 29 heavy (non-hydrogen) atoms. The Morgan fingerprint density at radius 3 is 2.14 bits per heavy atom. The second kappa shape index (κ2) is 7.91. The van der Waals surface area contributed by atoms with E-state index in [1.54, 1.807) is 36.4 Å². The van der Waals surface area contributed by atoms with Crippen LogP contribution in [-0.4, -0.2) is 35.7 Å². The van der Waals surface area contributed by atoms with Gasteiger partial charge in [0.05, 0.1) is 11.3 Å². The minimum absolute atomic E-state index is 0.159. The average molecular weight is 389 g/mol. The Hall–Kier alpha value is -3.41. The highest BCUT2D eigenvalue weighted by atomic mass is 16.2. The first-order chi connectivity index (χ1) is 14.1. The van der Waals surface area contributed by atoms with Crippen LogP contribution in [0, 0.1) is 0 Å². The van der Waals surface area contributed by atoms with Crippen molar-refractivity contribution in [3.63, 3.8) is 0 Å². The van der Waals surface area contributed by atoms with Crippen molar-refractivity contribution in [2.45, 2.75) is 26.2 Å². The van der Waals surface area contributed by atoms with Crippen LogP contribution in [-0.2, 0) is 14.4 Å². The first kappa shape index (κ1) is 18.9. The zero-order chi connectivity index (χ0) is 20.4. The maximum atomic E-state index is 13.4. The zero-order valence-electron chi connectivity index (χ0n) is 16.4. The molecule has 0 spiro atoms. The van der Waals surface area contributed by atoms with Crippen LogP contribution in [0.15, 0.2) is 60.3 Å². The highest BCUT2D eigenvalue weighted by Gasteiger charge is 2.42. The fourth-order valence-corrected chi connectivity index (χ4v) is 3.92. The smallest absolute Gasteiger partial charge is 0.282 e. The summed E-state index contributed by atoms with van der Waals surface area (Å²) >= 11 is 0. The molecule has 1 N–H and O–H groups in total. The fourth-order valence-electron chi connectivity index (χ4n) is 3.92. The normalized spacial score (nSPS) is 17.1. The molecule has 2 aliphatic rings. The molecule has 148 valence electrons. The van der Waals surface area contributed by atoms with Crippen molar-refractivity contribution in [2.24, 2.45) is 0 Å². The molecule has 2 aliphatic heterocycles. The third-order valence-corrected chi connectivity index (χ3v) is 5.24. The highest BCUT2D eigenvalue weighted by molar-refractivity contribution is 6.45. The molecule has 1 fully saturated rings. The van der Waals surface area contributed by atoms with Gasteiger partial charge in [-0.25, -0.2) is 4.90 Å². The molecule has 0 aliphatic carbocycles. The number of hydrogen-bond donors (Lipinski definition) is 1. The van der Waals surface area contributed by atoms with Crippen molar-refractivity contribution in [3.05, 3.63) is 65.9 Å². The molecular formula is C23H23N3O3. The predicted molar refractivity (Wildman–Crippen MR) is 112 cm³/mol. The van der Waals surface area contributed by atoms with Crippen LogP contribution in [0.25, 0.3) is 5.57 Å². The molecule has 0 radical (unpaired) electrons. The minimum Gasteiger partial charge on any atom is -0.366 e. The van der Waals surface area contributed by atoms with E-state index in [1.807, 2.05) is 23.1 Å². The van der Waals surface area contributed by atoms with Crippen molar-refractivity contribution in [1.82, 2.24) is 4.90 Å². The van der Waals surface area contributed by atoms with Gasteiger partial charge in [0.15, 0.2) is 0 Å². The van der Waals surface area contributed by atoms with Gasteiger partial charge in [0.1, 0.15) is 5.70 Å². The van der Waals surface area contributed by atoms with E-state index in [-0.39, 0.29) is 17.7 Å². The van der Waals surface area contributed by atoms with E-state index < -0.39 is 0 Å². The fraction of sp³-hybridized carbons (Fsp3) is 0.261. The minimum atomic E-state index is -0.311. The summed E-state index contributed by atoms with van der Waals surface area (Å²) in [5.41, 5.74) is 2.80. The molecule has 0 aromatic heterocycles. The van der Waals surface area contributed by atoms with Gasteiger partial charge < -0.3 is 10.2 Å². The summed E-state index contributed by atoms with van der Waals surface area (Å²) < 4.78 is 0. The van der Waals surface area contributed by atoms with Gasteiger partial charge in [0.25, 0.3) is 11.8 Å². The molecule has 6 heteroatoms. The Kier molecular flexibility index (Phi) is 5.16. The summed E-state index contributed by atoms with van der Waals surface area (Å²) in [5.74, 6) is -0.744. The quantitative estimate of drug-likeness (QED) is 0.814. The monoisotopic (exact) mass is 389 g/mol. The second-order valence-electron chi connectivity index (χ2n) is 7.31. The lowest BCUT2D eigenvalue weighted by Gasteiger charge is -2.29. The van der Waals surface area contributed by atoms with E-state index in [4.69, 9.17) is 0 Å². The van der Waals surface area contributed by atoms with E-state index in [0.717, 1.165) is 32.4 Å². The van der Waals surface area contributed by atoms with E-state index in [9.17, 15) is 14.4 Å². The molecule has 6 nitrogen and oxygen atoms in total. The number of imide groups is 1. The molecule has 0 unspecified atom stereocenters. The van der Waals surface area contributed by atoms with Crippen molar-refractivity contribution >= 4 is 34.7 Å². The largest absolute Gasteiger partial charge is 0.366 e. The van der Waals surface area contributed by atoms with E-state index in [0.29, 0.717) is 28.2 Å². The first-order valence-electron chi connectivity index (χ1n) is 9.87. The van der Waals surface area contributed by atoms with E-state index in [2.05, 4.69) is 5.32 Å². The van der Waals surface area contributed by atoms with Crippen molar-refractivity contribution in [3.8, 4) is 0 Å². The third-order valence-electron chi connectivity index (χ3n) is 5.24. The van der Waals surface area contributed by atoms with Crippen LogP contribution in [0.2, 0.25) is 0 Å². The molecule has 2 aromatic rings. The molecule has 2 heterocycles. The maximum Gasteiger partial charge on any atom is 0.282 e. The average Bonchev–Trinajstić information content (AvgIpc) is 2.99. The zero-order valence-corrected chi connectivity index (χ0v) is 16.4. The Bertz CT molecular complexity index is 974. The standard InChI is InChI=1S/C23H23N3O3/c1-16(27)24-18-12-10-17(11-13-18)20-21(25-14-6-3-7-15-25)23(29)26(22(20)28)19-8-4-2-5-9-19/h2,4-5,8-13H,3,6-7,14-15H2,1H3,(H,24,27). The van der Waals surface area contributed by atoms with Gasteiger partial charge in [-0.2, -0.15) is 0 Å². The molecular weight excluding hydrogens is 366 g/mol. The van der Waals surface area contributed by atoms with Gasteiger partial charge in [-0.05, 0) is 49.1 Å². The van der Waals surface area contributed by atoms with Gasteiger partial charge >= 0.3 is 0 Å². The Morgan fingerprint density at radius 2 is 1.52 bits per heavy atom. The number of likely N-dealkylation sites (tertiary alicyclic amines) is 1. The number of nitrogens with one attached hydrogen (secondary N) is 1. The van der Waals surface area contributed by atoms with Crippen LogP contribution in [0.4, 0.5) is 11.4 Å². The molecule has 0 saturated carbocycles. The number of hydrogen-bond acceptors (Lipinski definition) is 4. The highest BCUT2D eigenvalue weighted by Crippen LogP contribution is 2.36. The second-order valence-corrected chi connectivity index (χ2v) is 7.31. The summed E-state index contributed by atoms with van der Waals surface area (Å²) in [5, 5.41) is 2.72. The van der Waals surface area contributed by atoms with Crippen LogP contribution < -0.4 is 10.2 Å². The number of nitrogens with zero attached hydrogens (tertiary/aromatic N) is 2. The number of benzene rings is 2. The van der Waals surface area contributed by atoms with Crippen LogP contribution in [0.3, 0.4) is 0 Å². The summed E-state index contributed by atoms with van der Waals surface area (Å²) in [6, 6.07) is 16.1. The number of carbonyl (C=O) groups is 3. The number of rotatable bonds is 4. The summed E-state index contributed by atoms with van der Waals surface area (Å²) in [6.45, 7) is 2.98. The lowest BCUT2D eigenvalue weighted by atomic mass is 10.0. The van der Waals surface area contributed by atoms with Gasteiger partial charge in [-0.15, -0.1) is 0 Å². The molecule has 0 bridgehead atoms. The molecule has 4 rings (SSSR count). The van der Waals surface area contributed by atoms with Crippen LogP contribution in [0.1, 0.15) is 31.7 Å². The molecule has 3 amide bonds. The summed E-state index contributed by atoms with van der Waals surface area (Å²) in [4.78, 5) is 41.3. The number of amides is 3. The Balaban J connectivity index is 1.77. The summed E-state index contributed by atoms with van der Waals surface area (Å²) in [7, 11) is 0. The van der Waals surface area contributed by atoms with Crippen molar-refractivity contribution in [2.75, 3.05) is 23.3 Å². The third kappa shape index (κ3) is 3.66. The maximum absolute atomic E-state index is 13.4. The van der Waals surface area contributed by atoms with Crippen LogP contribution >= 0.6 is 0 Å². The van der Waals surface area contributed by atoms with Gasteiger partial charge in [0, 0.05) is 25.7 Å². The summed E-state index contributed by atoms with van der Waals surface area (Å²) in [6.07, 6.45) is 3.14. The topological polar surface area (TPSA) is 69.7 Å². The molecule has 0 atom stereocenters. The molecule has 1 saturated heterocycles. The van der Waals surface area contributed by atoms with Gasteiger partial charge in [-0.3, -0.25) is 14.4 Å². The lowest BCUT2D eigenvalue weighted by Crippen LogP contribution is -2.37. The van der Waals surface area contributed by atoms with E-state index in [1.165, 1.54) is 11.8 Å². The molecule has 2 aromatic carbocycles. The SMILES string of the molecule is CC(=O)Nc1ccc(C2=C(N3CCCCC3)C(=O)N(c3ccccc3)C2=O)cc1. The van der Waals surface area contributed by atoms with Gasteiger partial charge in [0.2, 0.25) is 5.91 Å².